The van der Waals surface area contributed by atoms with E-state index in [1.165, 1.54) is 12.1 Å². The number of benzene rings is 2. The van der Waals surface area contributed by atoms with Gasteiger partial charge in [0.05, 0.1) is 5.56 Å². The van der Waals surface area contributed by atoms with E-state index >= 15 is 0 Å². The Morgan fingerprint density at radius 2 is 1.39 bits per heavy atom. The Hall–Kier alpha value is -2.87. The molecule has 1 aliphatic rings. The highest BCUT2D eigenvalue weighted by Gasteiger charge is 2.31. The SMILES string of the molecule is O=C(CO)CCCCCCCC(=O)N1CCC(N(c2ccccc2)c2ccc(C(F)(F)F)cc2)CC1. The number of ketones is 1. The van der Waals surface area contributed by atoms with Crippen LogP contribution in [0.4, 0.5) is 24.5 Å². The molecule has 1 heterocycles. The molecular weight excluding hydrogens is 469 g/mol. The highest BCUT2D eigenvalue weighted by molar-refractivity contribution is 5.79. The minimum atomic E-state index is -4.37. The molecule has 2 aromatic carbocycles. The van der Waals surface area contributed by atoms with Crippen LogP contribution >= 0.6 is 0 Å². The van der Waals surface area contributed by atoms with Crippen molar-refractivity contribution < 1.29 is 27.9 Å². The van der Waals surface area contributed by atoms with Gasteiger partial charge in [-0.05, 0) is 62.1 Å². The molecule has 1 N–H and O–H groups in total. The molecule has 1 amide bonds. The summed E-state index contributed by atoms with van der Waals surface area (Å²) >= 11 is 0. The van der Waals surface area contributed by atoms with Gasteiger partial charge in [0.2, 0.25) is 5.91 Å². The number of Topliss-reactive ketones (excluding diaryl/α,β-unsaturated/α-hetero) is 1. The summed E-state index contributed by atoms with van der Waals surface area (Å²) in [6.07, 6.45) is 2.43. The molecule has 0 atom stereocenters. The summed E-state index contributed by atoms with van der Waals surface area (Å²) in [6.45, 7) is 0.853. The maximum atomic E-state index is 13.1. The third kappa shape index (κ3) is 8.08. The van der Waals surface area contributed by atoms with Gasteiger partial charge < -0.3 is 14.9 Å². The topological polar surface area (TPSA) is 60.9 Å². The highest BCUT2D eigenvalue weighted by Crippen LogP contribution is 2.35. The van der Waals surface area contributed by atoms with Gasteiger partial charge in [-0.1, -0.05) is 37.5 Å². The molecule has 0 spiro atoms. The number of piperidine rings is 1. The van der Waals surface area contributed by atoms with Crippen LogP contribution in [0.25, 0.3) is 0 Å². The Labute approximate surface area is 210 Å². The van der Waals surface area contributed by atoms with Crippen molar-refractivity contribution in [3.63, 3.8) is 0 Å². The number of likely N-dealkylation sites (tertiary alicyclic amines) is 1. The van der Waals surface area contributed by atoms with Gasteiger partial charge in [-0.25, -0.2) is 0 Å². The molecule has 5 nitrogen and oxygen atoms in total. The summed E-state index contributed by atoms with van der Waals surface area (Å²) in [5, 5.41) is 8.73. The molecule has 36 heavy (non-hydrogen) atoms. The van der Waals surface area contributed by atoms with Crippen LogP contribution in [0.3, 0.4) is 0 Å². The molecule has 0 radical (unpaired) electrons. The standard InChI is InChI=1S/C28H35F3N2O3/c29-28(30,31)22-13-15-24(16-14-22)33(23-9-5-4-6-10-23)25-17-19-32(20-18-25)27(36)12-8-3-1-2-7-11-26(35)21-34/h4-6,9-10,13-16,25,34H,1-3,7-8,11-12,17-21H2. The number of halogens is 3. The van der Waals surface area contributed by atoms with Crippen molar-refractivity contribution in [1.29, 1.82) is 0 Å². The third-order valence-corrected chi connectivity index (χ3v) is 6.71. The van der Waals surface area contributed by atoms with Gasteiger partial charge >= 0.3 is 6.18 Å². The highest BCUT2D eigenvalue weighted by atomic mass is 19.4. The number of hydrogen-bond donors (Lipinski definition) is 1. The second-order valence-corrected chi connectivity index (χ2v) is 9.33. The van der Waals surface area contributed by atoms with E-state index < -0.39 is 18.3 Å². The normalized spacial score (nSPS) is 14.6. The second kappa shape index (κ2) is 13.4. The fourth-order valence-electron chi connectivity index (χ4n) is 4.71. The maximum Gasteiger partial charge on any atom is 0.416 e. The van der Waals surface area contributed by atoms with Crippen LogP contribution in [0.1, 0.15) is 63.4 Å². The van der Waals surface area contributed by atoms with Crippen LogP contribution in [0.15, 0.2) is 54.6 Å². The first-order valence-corrected chi connectivity index (χ1v) is 12.7. The number of carbonyl (C=O) groups is 2. The minimum absolute atomic E-state index is 0.0785. The number of amides is 1. The van der Waals surface area contributed by atoms with E-state index in [1.54, 1.807) is 0 Å². The molecule has 1 aliphatic heterocycles. The number of hydrogen-bond acceptors (Lipinski definition) is 4. The van der Waals surface area contributed by atoms with E-state index in [4.69, 9.17) is 5.11 Å². The number of aliphatic hydroxyl groups is 1. The van der Waals surface area contributed by atoms with Crippen molar-refractivity contribution in [2.45, 2.75) is 70.0 Å². The first-order valence-electron chi connectivity index (χ1n) is 12.7. The monoisotopic (exact) mass is 504 g/mol. The first-order chi connectivity index (χ1) is 17.3. The molecule has 196 valence electrons. The summed E-state index contributed by atoms with van der Waals surface area (Å²) in [5.74, 6) is 0.0161. The molecule has 2 aromatic rings. The van der Waals surface area contributed by atoms with Crippen LogP contribution < -0.4 is 4.90 Å². The van der Waals surface area contributed by atoms with Crippen molar-refractivity contribution in [2.75, 3.05) is 24.6 Å². The van der Waals surface area contributed by atoms with Crippen LogP contribution in [0.5, 0.6) is 0 Å². The van der Waals surface area contributed by atoms with E-state index in [1.807, 2.05) is 35.2 Å². The molecule has 1 fully saturated rings. The molecule has 8 heteroatoms. The van der Waals surface area contributed by atoms with Crippen LogP contribution in [-0.2, 0) is 15.8 Å². The molecule has 3 rings (SSSR count). The van der Waals surface area contributed by atoms with E-state index in [0.29, 0.717) is 31.6 Å². The van der Waals surface area contributed by atoms with Gasteiger partial charge in [0.15, 0.2) is 5.78 Å². The van der Waals surface area contributed by atoms with Gasteiger partial charge in [0, 0.05) is 43.3 Å². The van der Waals surface area contributed by atoms with Gasteiger partial charge in [0.25, 0.3) is 0 Å². The zero-order valence-electron chi connectivity index (χ0n) is 20.6. The van der Waals surface area contributed by atoms with Gasteiger partial charge in [0.1, 0.15) is 6.61 Å². The van der Waals surface area contributed by atoms with E-state index in [-0.39, 0.29) is 17.7 Å². The van der Waals surface area contributed by atoms with Crippen molar-refractivity contribution in [1.82, 2.24) is 4.90 Å². The fraction of sp³-hybridized carbons (Fsp3) is 0.500. The predicted molar refractivity (Wildman–Crippen MR) is 134 cm³/mol. The molecular formula is C28H35F3N2O3. The maximum absolute atomic E-state index is 13.1. The smallest absolute Gasteiger partial charge is 0.389 e. The fourth-order valence-corrected chi connectivity index (χ4v) is 4.71. The Morgan fingerprint density at radius 1 is 0.833 bits per heavy atom. The van der Waals surface area contributed by atoms with Gasteiger partial charge in [-0.3, -0.25) is 9.59 Å². The van der Waals surface area contributed by atoms with E-state index in [9.17, 15) is 22.8 Å². The number of carbonyl (C=O) groups excluding carboxylic acids is 2. The molecule has 0 saturated carbocycles. The van der Waals surface area contributed by atoms with E-state index in [2.05, 4.69) is 4.90 Å². The lowest BCUT2D eigenvalue weighted by Gasteiger charge is -2.40. The Kier molecular flexibility index (Phi) is 10.3. The summed E-state index contributed by atoms with van der Waals surface area (Å²) in [5.41, 5.74) is 0.959. The number of aliphatic hydroxyl groups excluding tert-OH is 1. The van der Waals surface area contributed by atoms with Gasteiger partial charge in [-0.2, -0.15) is 13.2 Å². The Bertz CT molecular complexity index is 956. The summed E-state index contributed by atoms with van der Waals surface area (Å²) in [6, 6.07) is 15.0. The second-order valence-electron chi connectivity index (χ2n) is 9.33. The summed E-state index contributed by atoms with van der Waals surface area (Å²) in [4.78, 5) is 27.8. The molecule has 1 saturated heterocycles. The van der Waals surface area contributed by atoms with Crippen molar-refractivity contribution in [2.24, 2.45) is 0 Å². The molecule has 0 aromatic heterocycles. The zero-order chi connectivity index (χ0) is 26.0. The average Bonchev–Trinajstić information content (AvgIpc) is 2.89. The molecule has 0 aliphatic carbocycles. The molecule has 0 unspecified atom stereocenters. The lowest BCUT2D eigenvalue weighted by atomic mass is 10.00. The van der Waals surface area contributed by atoms with Crippen LogP contribution in [0.2, 0.25) is 0 Å². The Morgan fingerprint density at radius 3 is 1.97 bits per heavy atom. The van der Waals surface area contributed by atoms with Crippen LogP contribution in [-0.4, -0.2) is 47.4 Å². The summed E-state index contributed by atoms with van der Waals surface area (Å²) < 4.78 is 39.2. The zero-order valence-corrected chi connectivity index (χ0v) is 20.6. The number of rotatable bonds is 12. The predicted octanol–water partition coefficient (Wildman–Crippen LogP) is 6.13. The van der Waals surface area contributed by atoms with Gasteiger partial charge in [-0.15, -0.1) is 0 Å². The van der Waals surface area contributed by atoms with E-state index in [0.717, 1.165) is 62.8 Å². The van der Waals surface area contributed by atoms with Crippen molar-refractivity contribution in [3.8, 4) is 0 Å². The third-order valence-electron chi connectivity index (χ3n) is 6.71. The summed E-state index contributed by atoms with van der Waals surface area (Å²) in [7, 11) is 0. The van der Waals surface area contributed by atoms with Crippen molar-refractivity contribution >= 4 is 23.1 Å². The minimum Gasteiger partial charge on any atom is -0.389 e. The number of nitrogens with zero attached hydrogens (tertiary/aromatic N) is 2. The lowest BCUT2D eigenvalue weighted by molar-refractivity contribution is -0.137. The lowest BCUT2D eigenvalue weighted by Crippen LogP contribution is -2.45. The first kappa shape index (κ1) is 27.7. The Balaban J connectivity index is 1.51. The number of unbranched alkanes of at least 4 members (excludes halogenated alkanes) is 4. The number of anilines is 2. The quantitative estimate of drug-likeness (QED) is 0.354. The average molecular weight is 505 g/mol. The molecule has 0 bridgehead atoms. The largest absolute Gasteiger partial charge is 0.416 e. The van der Waals surface area contributed by atoms with Crippen molar-refractivity contribution in [3.05, 3.63) is 60.2 Å². The van der Waals surface area contributed by atoms with Crippen LogP contribution in [0, 0.1) is 0 Å². The number of alkyl halides is 3. The number of para-hydroxylation sites is 1.